The van der Waals surface area contributed by atoms with Crippen molar-refractivity contribution in [2.24, 2.45) is 0 Å². The molecule has 208 valence electrons. The zero-order chi connectivity index (χ0) is 29.5. The number of rotatable bonds is 9. The van der Waals surface area contributed by atoms with Gasteiger partial charge in [-0.25, -0.2) is 0 Å². The number of anilines is 1. The number of nitrogens with one attached hydrogen (secondary N) is 1. The maximum Gasteiger partial charge on any atom is 0.266 e. The third-order valence-electron chi connectivity index (χ3n) is 6.71. The first-order valence-electron chi connectivity index (χ1n) is 13.2. The summed E-state index contributed by atoms with van der Waals surface area (Å²) < 4.78 is 11.9. The van der Waals surface area contributed by atoms with E-state index in [4.69, 9.17) is 32.7 Å². The van der Waals surface area contributed by atoms with Gasteiger partial charge in [0, 0.05) is 16.3 Å². The van der Waals surface area contributed by atoms with Crippen LogP contribution < -0.4 is 14.8 Å². The lowest BCUT2D eigenvalue weighted by Crippen LogP contribution is -2.13. The van der Waals surface area contributed by atoms with Crippen molar-refractivity contribution in [2.75, 3.05) is 5.32 Å². The summed E-state index contributed by atoms with van der Waals surface area (Å²) in [6.45, 7) is 2.80. The van der Waals surface area contributed by atoms with Crippen LogP contribution in [0.2, 0.25) is 10.0 Å². The van der Waals surface area contributed by atoms with Crippen LogP contribution in [-0.2, 0) is 18.0 Å². The van der Waals surface area contributed by atoms with E-state index in [2.05, 4.69) is 36.5 Å². The van der Waals surface area contributed by atoms with Crippen LogP contribution in [-0.4, -0.2) is 5.91 Å². The van der Waals surface area contributed by atoms with Gasteiger partial charge in [-0.1, -0.05) is 77.8 Å². The molecule has 0 radical (unpaired) electrons. The fourth-order valence-corrected chi connectivity index (χ4v) is 4.78. The van der Waals surface area contributed by atoms with E-state index in [-0.39, 0.29) is 5.57 Å². The van der Waals surface area contributed by atoms with Gasteiger partial charge >= 0.3 is 0 Å². The highest BCUT2D eigenvalue weighted by atomic mass is 35.5. The van der Waals surface area contributed by atoms with E-state index >= 15 is 0 Å². The number of carbonyl (C=O) groups excluding carboxylic acids is 1. The second kappa shape index (κ2) is 13.3. The monoisotopic (exact) mass is 592 g/mol. The Balaban J connectivity index is 1.21. The fourth-order valence-electron chi connectivity index (χ4n) is 4.41. The number of carbonyl (C=O) groups is 1. The SMILES string of the molecule is Cc1ccc2ccccc2c1COc1ccc(/C=C(\C#N)C(=O)Nc2ccc(OCc3ccc(Cl)cc3)cc2)cc1Cl. The number of ether oxygens (including phenoxy) is 2. The van der Waals surface area contributed by atoms with Crippen LogP contribution in [0.25, 0.3) is 16.8 Å². The predicted octanol–water partition coefficient (Wildman–Crippen LogP) is 9.16. The second-order valence-electron chi connectivity index (χ2n) is 9.62. The minimum absolute atomic E-state index is 0.0609. The number of nitriles is 1. The van der Waals surface area contributed by atoms with Gasteiger partial charge in [-0.3, -0.25) is 4.79 Å². The van der Waals surface area contributed by atoms with Crippen molar-refractivity contribution in [1.29, 1.82) is 5.26 Å². The van der Waals surface area contributed by atoms with Gasteiger partial charge in [0.05, 0.1) is 5.02 Å². The van der Waals surface area contributed by atoms with Crippen LogP contribution in [0.4, 0.5) is 5.69 Å². The lowest BCUT2D eigenvalue weighted by atomic mass is 10.0. The molecule has 0 bridgehead atoms. The average Bonchev–Trinajstić information content (AvgIpc) is 3.00. The highest BCUT2D eigenvalue weighted by molar-refractivity contribution is 6.32. The number of benzene rings is 5. The standard InChI is InChI=1S/C35H26Cl2N2O3/c1-23-6-10-26-4-2-3-5-31(26)32(23)22-42-34-17-9-25(19-33(34)37)18-27(20-38)35(40)39-29-13-15-30(16-14-29)41-21-24-7-11-28(36)12-8-24/h2-19H,21-22H2,1H3,(H,39,40)/b27-18+. The van der Waals surface area contributed by atoms with E-state index in [1.165, 1.54) is 6.08 Å². The van der Waals surface area contributed by atoms with Crippen molar-refractivity contribution in [1.82, 2.24) is 0 Å². The molecule has 0 aliphatic rings. The summed E-state index contributed by atoms with van der Waals surface area (Å²) in [5, 5.41) is 15.7. The summed E-state index contributed by atoms with van der Waals surface area (Å²) in [6, 6.07) is 33.8. The summed E-state index contributed by atoms with van der Waals surface area (Å²) in [6.07, 6.45) is 1.49. The minimum atomic E-state index is -0.532. The molecule has 0 fully saturated rings. The Morgan fingerprint density at radius 3 is 2.38 bits per heavy atom. The maximum atomic E-state index is 12.8. The van der Waals surface area contributed by atoms with Gasteiger partial charge in [0.25, 0.3) is 5.91 Å². The fraction of sp³-hybridized carbons (Fsp3) is 0.0857. The molecular formula is C35H26Cl2N2O3. The van der Waals surface area contributed by atoms with E-state index in [1.807, 2.05) is 42.5 Å². The topological polar surface area (TPSA) is 71.3 Å². The van der Waals surface area contributed by atoms with Gasteiger partial charge in [-0.05, 0) is 89.0 Å². The Morgan fingerprint density at radius 1 is 0.881 bits per heavy atom. The van der Waals surface area contributed by atoms with E-state index in [0.29, 0.717) is 46.0 Å². The largest absolute Gasteiger partial charge is 0.489 e. The number of amides is 1. The van der Waals surface area contributed by atoms with Gasteiger partial charge in [0.2, 0.25) is 0 Å². The molecule has 0 saturated heterocycles. The highest BCUT2D eigenvalue weighted by Crippen LogP contribution is 2.29. The Hall–Kier alpha value is -4.76. The summed E-state index contributed by atoms with van der Waals surface area (Å²) in [5.41, 5.74) is 4.29. The van der Waals surface area contributed by atoms with Crippen molar-refractivity contribution in [2.45, 2.75) is 20.1 Å². The van der Waals surface area contributed by atoms with Crippen molar-refractivity contribution >= 4 is 51.6 Å². The lowest BCUT2D eigenvalue weighted by molar-refractivity contribution is -0.112. The molecule has 0 saturated carbocycles. The van der Waals surface area contributed by atoms with Gasteiger partial charge < -0.3 is 14.8 Å². The van der Waals surface area contributed by atoms with Crippen molar-refractivity contribution < 1.29 is 14.3 Å². The van der Waals surface area contributed by atoms with Crippen LogP contribution in [0.1, 0.15) is 22.3 Å². The van der Waals surface area contributed by atoms with Gasteiger partial charge in [-0.15, -0.1) is 0 Å². The Morgan fingerprint density at radius 2 is 1.64 bits per heavy atom. The van der Waals surface area contributed by atoms with Crippen LogP contribution in [0.5, 0.6) is 11.5 Å². The molecule has 5 nitrogen and oxygen atoms in total. The predicted molar refractivity (Wildman–Crippen MR) is 169 cm³/mol. The van der Waals surface area contributed by atoms with Crippen LogP contribution in [0.3, 0.4) is 0 Å². The molecule has 1 N–H and O–H groups in total. The number of hydrogen-bond acceptors (Lipinski definition) is 4. The van der Waals surface area contributed by atoms with Crippen LogP contribution in [0.15, 0.2) is 109 Å². The molecule has 0 heterocycles. The zero-order valence-electron chi connectivity index (χ0n) is 22.7. The third-order valence-corrected chi connectivity index (χ3v) is 7.26. The van der Waals surface area contributed by atoms with Crippen molar-refractivity contribution in [3.8, 4) is 17.6 Å². The average molecular weight is 594 g/mol. The molecule has 5 aromatic carbocycles. The van der Waals surface area contributed by atoms with Crippen molar-refractivity contribution in [3.63, 3.8) is 0 Å². The molecule has 0 aromatic heterocycles. The van der Waals surface area contributed by atoms with Gasteiger partial charge in [-0.2, -0.15) is 5.26 Å². The summed E-state index contributed by atoms with van der Waals surface area (Å²) >= 11 is 12.4. The molecular weight excluding hydrogens is 567 g/mol. The third kappa shape index (κ3) is 7.11. The van der Waals surface area contributed by atoms with E-state index in [1.54, 1.807) is 42.5 Å². The number of fused-ring (bicyclic) bond motifs is 1. The molecule has 5 aromatic rings. The zero-order valence-corrected chi connectivity index (χ0v) is 24.2. The molecule has 0 aliphatic carbocycles. The normalized spacial score (nSPS) is 11.1. The van der Waals surface area contributed by atoms with E-state index in [0.717, 1.165) is 27.5 Å². The van der Waals surface area contributed by atoms with Gasteiger partial charge in [0.1, 0.15) is 36.4 Å². The molecule has 0 atom stereocenters. The van der Waals surface area contributed by atoms with E-state index in [9.17, 15) is 10.1 Å². The number of aryl methyl sites for hydroxylation is 1. The van der Waals surface area contributed by atoms with Crippen LogP contribution in [0, 0.1) is 18.3 Å². The molecule has 0 unspecified atom stereocenters. The molecule has 7 heteroatoms. The van der Waals surface area contributed by atoms with Crippen molar-refractivity contribution in [3.05, 3.63) is 141 Å². The quantitative estimate of drug-likeness (QED) is 0.137. The smallest absolute Gasteiger partial charge is 0.266 e. The van der Waals surface area contributed by atoms with Gasteiger partial charge in [0.15, 0.2) is 0 Å². The first-order valence-corrected chi connectivity index (χ1v) is 14.0. The molecule has 5 rings (SSSR count). The van der Waals surface area contributed by atoms with E-state index < -0.39 is 5.91 Å². The molecule has 0 aliphatic heterocycles. The Bertz CT molecular complexity index is 1810. The Kier molecular flexibility index (Phi) is 9.08. The Labute approximate surface area is 254 Å². The molecule has 1 amide bonds. The number of halogens is 2. The number of hydrogen-bond donors (Lipinski definition) is 1. The summed E-state index contributed by atoms with van der Waals surface area (Å²) in [5.74, 6) is 0.629. The van der Waals surface area contributed by atoms with Crippen LogP contribution >= 0.6 is 23.2 Å². The maximum absolute atomic E-state index is 12.8. The first-order chi connectivity index (χ1) is 20.4. The summed E-state index contributed by atoms with van der Waals surface area (Å²) in [4.78, 5) is 12.8. The molecule has 0 spiro atoms. The number of nitrogens with zero attached hydrogens (tertiary/aromatic N) is 1. The molecule has 42 heavy (non-hydrogen) atoms. The second-order valence-corrected chi connectivity index (χ2v) is 10.5. The minimum Gasteiger partial charge on any atom is -0.489 e. The highest BCUT2D eigenvalue weighted by Gasteiger charge is 2.12. The lowest BCUT2D eigenvalue weighted by Gasteiger charge is -2.13. The summed E-state index contributed by atoms with van der Waals surface area (Å²) in [7, 11) is 0. The first kappa shape index (κ1) is 28.8.